The van der Waals surface area contributed by atoms with Crippen LogP contribution in [-0.4, -0.2) is 10.7 Å². The summed E-state index contributed by atoms with van der Waals surface area (Å²) in [6.45, 7) is 3.89. The van der Waals surface area contributed by atoms with E-state index in [1.807, 2.05) is 13.8 Å². The fraction of sp³-hybridized carbons (Fsp3) is 0.667. The van der Waals surface area contributed by atoms with Crippen LogP contribution in [0.5, 0.6) is 0 Å². The first-order valence-electron chi connectivity index (χ1n) is 3.17. The number of hydrogen-bond donors (Lipinski definition) is 0. The summed E-state index contributed by atoms with van der Waals surface area (Å²) in [7, 11) is 0. The van der Waals surface area contributed by atoms with Gasteiger partial charge in [-0.25, -0.2) is 0 Å². The van der Waals surface area contributed by atoms with Crippen molar-refractivity contribution in [3.05, 3.63) is 21.2 Å². The zero-order valence-corrected chi connectivity index (χ0v) is 6.98. The monoisotopic (exact) mass is 161 g/mol. The van der Waals surface area contributed by atoms with Crippen LogP contribution < -0.4 is 0 Å². The average Bonchev–Trinajstić information content (AvgIpc) is 1.86. The quantitative estimate of drug-likeness (QED) is 0.469. The van der Waals surface area contributed by atoms with E-state index < -0.39 is 4.92 Å². The van der Waals surface area contributed by atoms with Crippen molar-refractivity contribution in [3.63, 3.8) is 0 Å². The first-order chi connectivity index (χ1) is 4.70. The molecule has 0 aromatic rings. The third-order valence-corrected chi connectivity index (χ3v) is 1.98. The lowest BCUT2D eigenvalue weighted by atomic mass is 10.5. The zero-order chi connectivity index (χ0) is 7.98. The lowest BCUT2D eigenvalue weighted by Crippen LogP contribution is -1.86. The molecular formula is C6H11NO2S. The van der Waals surface area contributed by atoms with Crippen molar-refractivity contribution < 1.29 is 4.92 Å². The smallest absolute Gasteiger partial charge is 0.243 e. The molecule has 0 aliphatic rings. The lowest BCUT2D eigenvalue weighted by molar-refractivity contribution is -0.403. The Bertz CT molecular complexity index is 145. The second-order valence-electron chi connectivity index (χ2n) is 1.67. The molecule has 0 aliphatic carbocycles. The van der Waals surface area contributed by atoms with Gasteiger partial charge in [0.05, 0.1) is 9.83 Å². The number of nitro groups is 1. The van der Waals surface area contributed by atoms with Crippen LogP contribution in [0.2, 0.25) is 0 Å². The van der Waals surface area contributed by atoms with Crippen molar-refractivity contribution >= 4 is 11.8 Å². The van der Waals surface area contributed by atoms with Crippen molar-refractivity contribution in [2.45, 2.75) is 20.3 Å². The van der Waals surface area contributed by atoms with E-state index in [4.69, 9.17) is 0 Å². The van der Waals surface area contributed by atoms with E-state index in [0.29, 0.717) is 0 Å². The first-order valence-corrected chi connectivity index (χ1v) is 4.16. The minimum Gasteiger partial charge on any atom is -0.259 e. The molecule has 0 saturated carbocycles. The maximum atomic E-state index is 9.96. The van der Waals surface area contributed by atoms with Crippen molar-refractivity contribution in [2.24, 2.45) is 0 Å². The Labute approximate surface area is 64.7 Å². The zero-order valence-electron chi connectivity index (χ0n) is 6.16. The Morgan fingerprint density at radius 1 is 1.70 bits per heavy atom. The van der Waals surface area contributed by atoms with Crippen LogP contribution >= 0.6 is 11.8 Å². The minimum absolute atomic E-state index is 0.401. The molecule has 0 aliphatic heterocycles. The summed E-state index contributed by atoms with van der Waals surface area (Å²) in [4.78, 5) is 10.4. The number of rotatable bonds is 4. The first kappa shape index (κ1) is 9.49. The highest BCUT2D eigenvalue weighted by molar-refractivity contribution is 8.03. The van der Waals surface area contributed by atoms with Crippen molar-refractivity contribution in [2.75, 3.05) is 5.75 Å². The number of allylic oxidation sites excluding steroid dienone is 1. The molecule has 10 heavy (non-hydrogen) atoms. The Kier molecular flexibility index (Phi) is 5.02. The summed E-state index contributed by atoms with van der Waals surface area (Å²) in [6.07, 6.45) is 1.83. The average molecular weight is 161 g/mol. The number of thioether (sulfide) groups is 1. The number of nitrogens with zero attached hydrogens (tertiary/aromatic N) is 1. The predicted molar refractivity (Wildman–Crippen MR) is 43.5 cm³/mol. The maximum absolute atomic E-state index is 9.96. The summed E-state index contributed by atoms with van der Waals surface area (Å²) in [6, 6.07) is 0. The van der Waals surface area contributed by atoms with Crippen LogP contribution in [0.25, 0.3) is 0 Å². The van der Waals surface area contributed by atoms with Gasteiger partial charge in [0.25, 0.3) is 0 Å². The van der Waals surface area contributed by atoms with E-state index in [-0.39, 0.29) is 0 Å². The summed E-state index contributed by atoms with van der Waals surface area (Å²) < 4.78 is 0. The lowest BCUT2D eigenvalue weighted by Gasteiger charge is -1.95. The molecule has 0 spiro atoms. The van der Waals surface area contributed by atoms with E-state index in [1.54, 1.807) is 0 Å². The normalized spacial score (nSPS) is 11.6. The highest BCUT2D eigenvalue weighted by Gasteiger charge is 1.98. The van der Waals surface area contributed by atoms with Gasteiger partial charge < -0.3 is 0 Å². The summed E-state index contributed by atoms with van der Waals surface area (Å²) in [5.41, 5.74) is 0. The molecule has 0 aromatic carbocycles. The van der Waals surface area contributed by atoms with Gasteiger partial charge in [-0.2, -0.15) is 0 Å². The summed E-state index contributed by atoms with van der Waals surface area (Å²) in [5, 5.41) is 9.96. The van der Waals surface area contributed by atoms with Gasteiger partial charge in [-0.1, -0.05) is 13.8 Å². The highest BCUT2D eigenvalue weighted by Crippen LogP contribution is 2.17. The van der Waals surface area contributed by atoms with Gasteiger partial charge in [0.2, 0.25) is 6.20 Å². The molecule has 58 valence electrons. The molecule has 3 nitrogen and oxygen atoms in total. The standard InChI is InChI=1S/C6H11NO2S/c1-3-6(10-4-2)5-7(8)9/h5H,3-4H2,1-2H3. The van der Waals surface area contributed by atoms with Crippen molar-refractivity contribution in [1.82, 2.24) is 0 Å². The second-order valence-corrected chi connectivity index (χ2v) is 3.06. The summed E-state index contributed by atoms with van der Waals surface area (Å²) >= 11 is 1.52. The Hall–Kier alpha value is -0.510. The van der Waals surface area contributed by atoms with E-state index in [2.05, 4.69) is 0 Å². The van der Waals surface area contributed by atoms with Crippen LogP contribution in [0.4, 0.5) is 0 Å². The topological polar surface area (TPSA) is 43.1 Å². The second kappa shape index (κ2) is 5.29. The van der Waals surface area contributed by atoms with Gasteiger partial charge in [0, 0.05) is 0 Å². The molecule has 0 heterocycles. The fourth-order valence-corrected chi connectivity index (χ4v) is 1.27. The highest BCUT2D eigenvalue weighted by atomic mass is 32.2. The van der Waals surface area contributed by atoms with Crippen LogP contribution in [0.15, 0.2) is 11.1 Å². The molecule has 0 saturated heterocycles. The molecule has 4 heteroatoms. The molecule has 0 bridgehead atoms. The molecule has 0 rings (SSSR count). The third-order valence-electron chi connectivity index (χ3n) is 0.928. The third kappa shape index (κ3) is 4.38. The van der Waals surface area contributed by atoms with E-state index in [9.17, 15) is 10.1 Å². The van der Waals surface area contributed by atoms with E-state index >= 15 is 0 Å². The van der Waals surface area contributed by atoms with Crippen molar-refractivity contribution in [1.29, 1.82) is 0 Å². The van der Waals surface area contributed by atoms with Crippen LogP contribution in [0.3, 0.4) is 0 Å². The fourth-order valence-electron chi connectivity index (χ4n) is 0.534. The van der Waals surface area contributed by atoms with Crippen molar-refractivity contribution in [3.8, 4) is 0 Å². The van der Waals surface area contributed by atoms with Gasteiger partial charge in [-0.15, -0.1) is 11.8 Å². The number of hydrogen-bond acceptors (Lipinski definition) is 3. The van der Waals surface area contributed by atoms with Gasteiger partial charge in [-0.3, -0.25) is 10.1 Å². The SMILES string of the molecule is CCSC(=C[N+](=O)[O-])CC. The Morgan fingerprint density at radius 3 is 2.60 bits per heavy atom. The van der Waals surface area contributed by atoms with Gasteiger partial charge in [-0.05, 0) is 12.2 Å². The van der Waals surface area contributed by atoms with Gasteiger partial charge in [0.1, 0.15) is 0 Å². The Morgan fingerprint density at radius 2 is 2.30 bits per heavy atom. The maximum Gasteiger partial charge on any atom is 0.243 e. The molecule has 0 amide bonds. The minimum atomic E-state index is -0.401. The Balaban J connectivity index is 3.91. The summed E-state index contributed by atoms with van der Waals surface area (Å²) in [5.74, 6) is 0.896. The van der Waals surface area contributed by atoms with Crippen LogP contribution in [-0.2, 0) is 0 Å². The van der Waals surface area contributed by atoms with E-state index in [1.165, 1.54) is 11.8 Å². The molecule has 0 atom stereocenters. The molecule has 0 unspecified atom stereocenters. The predicted octanol–water partition coefficient (Wildman–Crippen LogP) is 2.27. The van der Waals surface area contributed by atoms with Crippen LogP contribution in [0.1, 0.15) is 20.3 Å². The van der Waals surface area contributed by atoms with Gasteiger partial charge in [0.15, 0.2) is 0 Å². The van der Waals surface area contributed by atoms with E-state index in [0.717, 1.165) is 23.3 Å². The largest absolute Gasteiger partial charge is 0.259 e. The molecule has 0 fully saturated rings. The van der Waals surface area contributed by atoms with Crippen LogP contribution in [0, 0.1) is 10.1 Å². The molecule has 0 N–H and O–H groups in total. The van der Waals surface area contributed by atoms with Gasteiger partial charge >= 0.3 is 0 Å². The molecule has 0 aromatic heterocycles. The molecule has 0 radical (unpaired) electrons. The molecular weight excluding hydrogens is 150 g/mol.